The second kappa shape index (κ2) is 4.08. The molecule has 1 heterocycles. The van der Waals surface area contributed by atoms with Crippen molar-refractivity contribution < 1.29 is 9.63 Å². The summed E-state index contributed by atoms with van der Waals surface area (Å²) in [6.45, 7) is 1.21. The minimum absolute atomic E-state index is 0.139. The first-order chi connectivity index (χ1) is 7.22. The number of anilines is 1. The Bertz CT molecular complexity index is 366. The van der Waals surface area contributed by atoms with Crippen molar-refractivity contribution in [3.8, 4) is 0 Å². The van der Waals surface area contributed by atoms with Gasteiger partial charge in [-0.1, -0.05) is 11.6 Å². The molecule has 80 valence electrons. The normalized spacial score (nSPS) is 16.3. The van der Waals surface area contributed by atoms with E-state index in [1.807, 2.05) is 12.1 Å². The quantitative estimate of drug-likeness (QED) is 0.774. The number of benzene rings is 1. The van der Waals surface area contributed by atoms with E-state index in [9.17, 15) is 4.79 Å². The van der Waals surface area contributed by atoms with Crippen LogP contribution in [0, 0.1) is 0 Å². The summed E-state index contributed by atoms with van der Waals surface area (Å²) >= 11 is 5.77. The fourth-order valence-corrected chi connectivity index (χ4v) is 1.67. The molecule has 0 radical (unpaired) electrons. The van der Waals surface area contributed by atoms with E-state index in [1.54, 1.807) is 17.0 Å². The third-order valence-corrected chi connectivity index (χ3v) is 2.58. The molecular weight excluding hydrogens is 216 g/mol. The van der Waals surface area contributed by atoms with Gasteiger partial charge in [0.2, 0.25) is 0 Å². The highest BCUT2D eigenvalue weighted by atomic mass is 35.5. The molecule has 1 aliphatic heterocycles. The van der Waals surface area contributed by atoms with Gasteiger partial charge in [-0.25, -0.2) is 9.86 Å². The smallest absolute Gasteiger partial charge is 0.291 e. The predicted octanol–water partition coefficient (Wildman–Crippen LogP) is 2.14. The maximum absolute atomic E-state index is 11.7. The molecule has 5 heteroatoms. The largest absolute Gasteiger partial charge is 0.348 e. The van der Waals surface area contributed by atoms with E-state index in [0.717, 1.165) is 5.69 Å². The van der Waals surface area contributed by atoms with Crippen molar-refractivity contribution in [3.63, 3.8) is 0 Å². The highest BCUT2D eigenvalue weighted by Gasteiger charge is 2.29. The van der Waals surface area contributed by atoms with E-state index >= 15 is 0 Å². The van der Waals surface area contributed by atoms with Gasteiger partial charge < -0.3 is 0 Å². The molecule has 1 aromatic carbocycles. The first-order valence-electron chi connectivity index (χ1n) is 4.61. The molecule has 1 fully saturated rings. The van der Waals surface area contributed by atoms with Gasteiger partial charge in [-0.15, -0.1) is 0 Å². The Morgan fingerprint density at radius 3 is 2.47 bits per heavy atom. The third-order valence-electron chi connectivity index (χ3n) is 2.33. The van der Waals surface area contributed by atoms with Gasteiger partial charge in [-0.05, 0) is 24.3 Å². The van der Waals surface area contributed by atoms with Gasteiger partial charge in [-0.2, -0.15) is 0 Å². The second-order valence-corrected chi connectivity index (χ2v) is 3.63. The monoisotopic (exact) mass is 226 g/mol. The Balaban J connectivity index is 2.19. The summed E-state index contributed by atoms with van der Waals surface area (Å²) < 4.78 is 0. The zero-order valence-corrected chi connectivity index (χ0v) is 9.07. The zero-order chi connectivity index (χ0) is 10.8. The van der Waals surface area contributed by atoms with Crippen LogP contribution in [0.4, 0.5) is 10.5 Å². The molecular formula is C10H11ClN2O2. The van der Waals surface area contributed by atoms with Gasteiger partial charge in [0.15, 0.2) is 0 Å². The third kappa shape index (κ3) is 1.91. The van der Waals surface area contributed by atoms with Crippen LogP contribution in [0.2, 0.25) is 5.02 Å². The van der Waals surface area contributed by atoms with Gasteiger partial charge >= 0.3 is 6.03 Å². The van der Waals surface area contributed by atoms with Crippen molar-refractivity contribution in [3.05, 3.63) is 29.3 Å². The Morgan fingerprint density at radius 2 is 1.93 bits per heavy atom. The number of hydrogen-bond acceptors (Lipinski definition) is 2. The summed E-state index contributed by atoms with van der Waals surface area (Å²) in [5.74, 6) is 0. The lowest BCUT2D eigenvalue weighted by Crippen LogP contribution is -2.30. The molecule has 0 saturated carbocycles. The molecule has 1 aliphatic rings. The lowest BCUT2D eigenvalue weighted by Gasteiger charge is -2.16. The van der Waals surface area contributed by atoms with E-state index in [1.165, 1.54) is 12.2 Å². The van der Waals surface area contributed by atoms with Crippen LogP contribution in [-0.4, -0.2) is 31.3 Å². The van der Waals surface area contributed by atoms with Gasteiger partial charge in [0.25, 0.3) is 0 Å². The minimum atomic E-state index is -0.139. The van der Waals surface area contributed by atoms with E-state index in [4.69, 9.17) is 16.4 Å². The number of hydroxylamine groups is 2. The van der Waals surface area contributed by atoms with E-state index in [2.05, 4.69) is 0 Å². The summed E-state index contributed by atoms with van der Waals surface area (Å²) in [7, 11) is 1.49. The fourth-order valence-electron chi connectivity index (χ4n) is 1.55. The Labute approximate surface area is 92.9 Å². The van der Waals surface area contributed by atoms with Crippen LogP contribution < -0.4 is 4.90 Å². The molecule has 0 atom stereocenters. The van der Waals surface area contributed by atoms with Crippen LogP contribution in [0.3, 0.4) is 0 Å². The van der Waals surface area contributed by atoms with Crippen molar-refractivity contribution in [2.45, 2.75) is 0 Å². The average molecular weight is 227 g/mol. The van der Waals surface area contributed by atoms with E-state index in [0.29, 0.717) is 18.1 Å². The number of carbonyl (C=O) groups is 1. The molecule has 0 unspecified atom stereocenters. The van der Waals surface area contributed by atoms with Crippen LogP contribution >= 0.6 is 11.6 Å². The highest BCUT2D eigenvalue weighted by molar-refractivity contribution is 6.30. The first-order valence-corrected chi connectivity index (χ1v) is 4.99. The molecule has 1 saturated heterocycles. The van der Waals surface area contributed by atoms with Crippen molar-refractivity contribution >= 4 is 23.3 Å². The Morgan fingerprint density at radius 1 is 1.27 bits per heavy atom. The van der Waals surface area contributed by atoms with Crippen LogP contribution in [0.15, 0.2) is 24.3 Å². The summed E-state index contributed by atoms with van der Waals surface area (Å²) in [4.78, 5) is 18.3. The highest BCUT2D eigenvalue weighted by Crippen LogP contribution is 2.22. The van der Waals surface area contributed by atoms with Crippen molar-refractivity contribution in [2.24, 2.45) is 0 Å². The molecule has 2 amide bonds. The van der Waals surface area contributed by atoms with Crippen molar-refractivity contribution in [2.75, 3.05) is 25.1 Å². The molecule has 0 aliphatic carbocycles. The SMILES string of the molecule is CON1CCN(c2ccc(Cl)cc2)C1=O. The van der Waals surface area contributed by atoms with E-state index < -0.39 is 0 Å². The number of halogens is 1. The Kier molecular flexibility index (Phi) is 2.79. The second-order valence-electron chi connectivity index (χ2n) is 3.20. The summed E-state index contributed by atoms with van der Waals surface area (Å²) in [5, 5.41) is 1.99. The standard InChI is InChI=1S/C10H11ClN2O2/c1-15-13-7-6-12(10(13)14)9-4-2-8(11)3-5-9/h2-5H,6-7H2,1H3. The number of urea groups is 1. The van der Waals surface area contributed by atoms with Crippen LogP contribution in [0.25, 0.3) is 0 Å². The molecule has 0 N–H and O–H groups in total. The number of hydrogen-bond donors (Lipinski definition) is 0. The molecule has 4 nitrogen and oxygen atoms in total. The summed E-state index contributed by atoms with van der Waals surface area (Å²) in [5.41, 5.74) is 0.837. The maximum Gasteiger partial charge on any atom is 0.348 e. The summed E-state index contributed by atoms with van der Waals surface area (Å²) in [6.07, 6.45) is 0. The fraction of sp³-hybridized carbons (Fsp3) is 0.300. The Hall–Kier alpha value is -1.26. The average Bonchev–Trinajstić information content (AvgIpc) is 2.61. The van der Waals surface area contributed by atoms with Crippen molar-refractivity contribution in [1.82, 2.24) is 5.06 Å². The number of amides is 2. The van der Waals surface area contributed by atoms with Gasteiger partial charge in [0.05, 0.1) is 13.7 Å². The number of carbonyl (C=O) groups excluding carboxylic acids is 1. The molecule has 0 spiro atoms. The minimum Gasteiger partial charge on any atom is -0.291 e. The molecule has 15 heavy (non-hydrogen) atoms. The lowest BCUT2D eigenvalue weighted by atomic mass is 10.3. The van der Waals surface area contributed by atoms with Gasteiger partial charge in [0, 0.05) is 17.3 Å². The number of rotatable bonds is 2. The zero-order valence-electron chi connectivity index (χ0n) is 8.31. The molecule has 2 rings (SSSR count). The van der Waals surface area contributed by atoms with Crippen LogP contribution in [0.1, 0.15) is 0 Å². The van der Waals surface area contributed by atoms with Crippen LogP contribution in [0.5, 0.6) is 0 Å². The molecule has 0 aromatic heterocycles. The summed E-state index contributed by atoms with van der Waals surface area (Å²) in [6, 6.07) is 7.03. The van der Waals surface area contributed by atoms with Crippen molar-refractivity contribution in [1.29, 1.82) is 0 Å². The predicted molar refractivity (Wildman–Crippen MR) is 57.9 cm³/mol. The number of nitrogens with zero attached hydrogens (tertiary/aromatic N) is 2. The van der Waals surface area contributed by atoms with Gasteiger partial charge in [0.1, 0.15) is 0 Å². The molecule has 1 aromatic rings. The maximum atomic E-state index is 11.7. The first kappa shape index (κ1) is 10.3. The molecule has 0 bridgehead atoms. The lowest BCUT2D eigenvalue weighted by molar-refractivity contribution is -0.0698. The van der Waals surface area contributed by atoms with E-state index in [-0.39, 0.29) is 6.03 Å². The van der Waals surface area contributed by atoms with Crippen LogP contribution in [-0.2, 0) is 4.84 Å². The topological polar surface area (TPSA) is 32.8 Å². The van der Waals surface area contributed by atoms with Gasteiger partial charge in [-0.3, -0.25) is 9.74 Å².